The van der Waals surface area contributed by atoms with E-state index in [4.69, 9.17) is 0 Å². The van der Waals surface area contributed by atoms with Gasteiger partial charge in [-0.1, -0.05) is 20.8 Å². The fraction of sp³-hybridized carbons (Fsp3) is 0.938. The Morgan fingerprint density at radius 2 is 1.58 bits per heavy atom. The minimum atomic E-state index is -0.489. The average Bonchev–Trinajstić information content (AvgIpc) is 2.05. The van der Waals surface area contributed by atoms with E-state index in [9.17, 15) is 4.79 Å². The molecule has 3 nitrogen and oxygen atoms in total. The second-order valence-electron chi connectivity index (χ2n) is 9.08. The lowest BCUT2D eigenvalue weighted by Crippen LogP contribution is -2.73. The highest BCUT2D eigenvalue weighted by Gasteiger charge is 2.48. The molecule has 1 rings (SSSR count). The van der Waals surface area contributed by atoms with Crippen LogP contribution in [0, 0.1) is 5.41 Å². The van der Waals surface area contributed by atoms with Crippen molar-refractivity contribution in [3.8, 4) is 0 Å². The molecule has 0 aromatic heterocycles. The summed E-state index contributed by atoms with van der Waals surface area (Å²) in [5, 5.41) is 3.46. The second kappa shape index (κ2) is 4.47. The van der Waals surface area contributed by atoms with Crippen molar-refractivity contribution in [2.45, 2.75) is 85.4 Å². The average molecular weight is 268 g/mol. The summed E-state index contributed by atoms with van der Waals surface area (Å²) in [6, 6.07) is 0. The summed E-state index contributed by atoms with van der Waals surface area (Å²) in [5.41, 5.74) is -0.446. The van der Waals surface area contributed by atoms with Crippen LogP contribution in [0.1, 0.15) is 68.7 Å². The number of nitrogens with one attached hydrogen (secondary N) is 1. The van der Waals surface area contributed by atoms with Crippen molar-refractivity contribution in [2.75, 3.05) is 6.54 Å². The molecule has 112 valence electrons. The molecule has 1 fully saturated rings. The first-order valence-corrected chi connectivity index (χ1v) is 7.28. The molecule has 0 saturated carbocycles. The molecule has 0 spiro atoms. The van der Waals surface area contributed by atoms with Gasteiger partial charge in [-0.2, -0.15) is 0 Å². The monoisotopic (exact) mass is 268 g/mol. The van der Waals surface area contributed by atoms with E-state index in [1.165, 1.54) is 0 Å². The molecule has 1 aliphatic heterocycles. The topological polar surface area (TPSA) is 32.3 Å². The van der Waals surface area contributed by atoms with Gasteiger partial charge in [-0.05, 0) is 53.4 Å². The molecule has 19 heavy (non-hydrogen) atoms. The first-order valence-electron chi connectivity index (χ1n) is 7.28. The predicted octanol–water partition coefficient (Wildman–Crippen LogP) is 3.19. The zero-order chi connectivity index (χ0) is 15.3. The third kappa shape index (κ3) is 3.95. The number of rotatable bonds is 2. The summed E-state index contributed by atoms with van der Waals surface area (Å²) in [7, 11) is 0. The van der Waals surface area contributed by atoms with Gasteiger partial charge in [0.2, 0.25) is 5.91 Å². The summed E-state index contributed by atoms with van der Waals surface area (Å²) >= 11 is 0. The highest BCUT2D eigenvalue weighted by molar-refractivity contribution is 5.87. The number of hydrogen-bond acceptors (Lipinski definition) is 2. The van der Waals surface area contributed by atoms with Crippen LogP contribution in [-0.2, 0) is 4.79 Å². The Balaban J connectivity index is 3.06. The maximum absolute atomic E-state index is 12.7. The Labute approximate surface area is 119 Å². The van der Waals surface area contributed by atoms with Crippen molar-refractivity contribution in [1.82, 2.24) is 10.2 Å². The Morgan fingerprint density at radius 1 is 1.11 bits per heavy atom. The highest BCUT2D eigenvalue weighted by Crippen LogP contribution is 2.35. The highest BCUT2D eigenvalue weighted by atomic mass is 16.2. The van der Waals surface area contributed by atoms with Crippen molar-refractivity contribution in [1.29, 1.82) is 0 Å². The number of carbonyl (C=O) groups is 1. The molecule has 1 N–H and O–H groups in total. The van der Waals surface area contributed by atoms with Gasteiger partial charge in [0.15, 0.2) is 0 Å². The summed E-state index contributed by atoms with van der Waals surface area (Å²) in [4.78, 5) is 14.8. The fourth-order valence-electron chi connectivity index (χ4n) is 3.63. The normalized spacial score (nSPS) is 23.6. The van der Waals surface area contributed by atoms with Crippen molar-refractivity contribution < 1.29 is 4.79 Å². The quantitative estimate of drug-likeness (QED) is 0.834. The van der Waals surface area contributed by atoms with Crippen LogP contribution < -0.4 is 5.32 Å². The number of carbonyl (C=O) groups excluding carboxylic acids is 1. The zero-order valence-corrected chi connectivity index (χ0v) is 14.3. The Hall–Kier alpha value is -0.570. The molecule has 1 saturated heterocycles. The minimum absolute atomic E-state index is 0.0490. The third-order valence-corrected chi connectivity index (χ3v) is 3.68. The van der Waals surface area contributed by atoms with E-state index in [1.54, 1.807) is 0 Å². The van der Waals surface area contributed by atoms with E-state index >= 15 is 0 Å². The van der Waals surface area contributed by atoms with Crippen LogP contribution in [0.5, 0.6) is 0 Å². The SMILES string of the molecule is CC(C)(C)CC(C)(C)N1CC(C)(C)NC(C)(C)C1=O. The van der Waals surface area contributed by atoms with Crippen molar-refractivity contribution in [3.63, 3.8) is 0 Å². The third-order valence-electron chi connectivity index (χ3n) is 3.68. The lowest BCUT2D eigenvalue weighted by Gasteiger charge is -2.54. The van der Waals surface area contributed by atoms with E-state index in [0.717, 1.165) is 13.0 Å². The standard InChI is InChI=1S/C16H32N2O/c1-13(2,3)10-15(6,7)18-11-14(4,5)17-16(8,9)12(18)19/h17H,10-11H2,1-9H3. The van der Waals surface area contributed by atoms with Gasteiger partial charge in [-0.25, -0.2) is 0 Å². The zero-order valence-electron chi connectivity index (χ0n) is 14.3. The summed E-state index contributed by atoms with van der Waals surface area (Å²) in [5.74, 6) is 0.209. The van der Waals surface area contributed by atoms with Crippen LogP contribution in [0.15, 0.2) is 0 Å². The molecule has 1 heterocycles. The first-order chi connectivity index (χ1) is 8.16. The first kappa shape index (κ1) is 16.5. The van der Waals surface area contributed by atoms with Gasteiger partial charge in [0, 0.05) is 17.6 Å². The minimum Gasteiger partial charge on any atom is -0.334 e. The molecule has 1 amide bonds. The smallest absolute Gasteiger partial charge is 0.242 e. The predicted molar refractivity (Wildman–Crippen MR) is 81.2 cm³/mol. The van der Waals surface area contributed by atoms with E-state index < -0.39 is 5.54 Å². The van der Waals surface area contributed by atoms with E-state index in [1.807, 2.05) is 13.8 Å². The number of nitrogens with zero attached hydrogens (tertiary/aromatic N) is 1. The second-order valence-corrected chi connectivity index (χ2v) is 9.08. The number of piperazine rings is 1. The molecule has 0 aliphatic carbocycles. The summed E-state index contributed by atoms with van der Waals surface area (Å²) in [6.45, 7) is 20.1. The van der Waals surface area contributed by atoms with Crippen LogP contribution >= 0.6 is 0 Å². The van der Waals surface area contributed by atoms with E-state index in [-0.39, 0.29) is 22.4 Å². The van der Waals surface area contributed by atoms with Crippen molar-refractivity contribution >= 4 is 5.91 Å². The maximum atomic E-state index is 12.7. The Morgan fingerprint density at radius 3 is 2.00 bits per heavy atom. The van der Waals surface area contributed by atoms with Crippen LogP contribution in [0.25, 0.3) is 0 Å². The molecule has 3 heteroatoms. The molecule has 0 radical (unpaired) electrons. The van der Waals surface area contributed by atoms with Crippen LogP contribution in [0.4, 0.5) is 0 Å². The van der Waals surface area contributed by atoms with Crippen molar-refractivity contribution in [2.24, 2.45) is 5.41 Å². The van der Waals surface area contributed by atoms with Gasteiger partial charge in [0.1, 0.15) is 0 Å². The molecule has 0 aromatic rings. The number of amides is 1. The molecular formula is C16H32N2O. The van der Waals surface area contributed by atoms with Crippen LogP contribution in [0.3, 0.4) is 0 Å². The van der Waals surface area contributed by atoms with Crippen molar-refractivity contribution in [3.05, 3.63) is 0 Å². The molecule has 0 bridgehead atoms. The van der Waals surface area contributed by atoms with Gasteiger partial charge < -0.3 is 4.90 Å². The molecule has 1 aliphatic rings. The van der Waals surface area contributed by atoms with Gasteiger partial charge in [-0.3, -0.25) is 10.1 Å². The molecule has 0 unspecified atom stereocenters. The molecule has 0 atom stereocenters. The van der Waals surface area contributed by atoms with E-state index in [2.05, 4.69) is 58.7 Å². The Bertz CT molecular complexity index is 361. The van der Waals surface area contributed by atoms with Gasteiger partial charge in [0.05, 0.1) is 5.54 Å². The summed E-state index contributed by atoms with van der Waals surface area (Å²) < 4.78 is 0. The van der Waals surface area contributed by atoms with Gasteiger partial charge in [-0.15, -0.1) is 0 Å². The van der Waals surface area contributed by atoms with Gasteiger partial charge >= 0.3 is 0 Å². The maximum Gasteiger partial charge on any atom is 0.242 e. The van der Waals surface area contributed by atoms with E-state index in [0.29, 0.717) is 0 Å². The van der Waals surface area contributed by atoms with Crippen LogP contribution in [0.2, 0.25) is 0 Å². The van der Waals surface area contributed by atoms with Gasteiger partial charge in [0.25, 0.3) is 0 Å². The largest absolute Gasteiger partial charge is 0.334 e. The molecular weight excluding hydrogens is 236 g/mol. The lowest BCUT2D eigenvalue weighted by atomic mass is 9.78. The van der Waals surface area contributed by atoms with Crippen LogP contribution in [-0.4, -0.2) is 34.0 Å². The molecule has 0 aromatic carbocycles. The Kier molecular flexibility index (Phi) is 3.88. The lowest BCUT2D eigenvalue weighted by molar-refractivity contribution is -0.151. The number of hydrogen-bond donors (Lipinski definition) is 1. The summed E-state index contributed by atoms with van der Waals surface area (Å²) in [6.07, 6.45) is 0.998. The fourth-order valence-corrected chi connectivity index (χ4v) is 3.63.